The van der Waals surface area contributed by atoms with Crippen molar-refractivity contribution in [3.05, 3.63) is 71.1 Å². The molecule has 1 amide bonds. The highest BCUT2D eigenvalue weighted by Crippen LogP contribution is 2.33. The highest BCUT2D eigenvalue weighted by Gasteiger charge is 2.35. The molecule has 0 aliphatic heterocycles. The second-order valence-electron chi connectivity index (χ2n) is 9.66. The molecule has 244 valence electrons. The Morgan fingerprint density at radius 2 is 1.76 bits per heavy atom. The van der Waals surface area contributed by atoms with Gasteiger partial charge >= 0.3 is 18.2 Å². The maximum absolute atomic E-state index is 13.5. The zero-order valence-electron chi connectivity index (χ0n) is 24.8. The lowest BCUT2D eigenvalue weighted by atomic mass is 10.1. The summed E-state index contributed by atoms with van der Waals surface area (Å²) in [6, 6.07) is 11.5. The van der Waals surface area contributed by atoms with Crippen molar-refractivity contribution in [2.75, 3.05) is 13.7 Å². The van der Waals surface area contributed by atoms with Gasteiger partial charge in [-0.05, 0) is 44.2 Å². The first kappa shape index (κ1) is 34.6. The number of hydrazine groups is 1. The van der Waals surface area contributed by atoms with Gasteiger partial charge in [0, 0.05) is 18.9 Å². The van der Waals surface area contributed by atoms with Crippen LogP contribution in [-0.2, 0) is 35.3 Å². The molecule has 1 heterocycles. The average molecular weight is 657 g/mol. The summed E-state index contributed by atoms with van der Waals surface area (Å²) in [7, 11) is -3.17. The lowest BCUT2D eigenvalue weighted by molar-refractivity contribution is -0.714. The molecule has 18 heteroatoms. The van der Waals surface area contributed by atoms with Gasteiger partial charge < -0.3 is 14.7 Å². The molecule has 1 N–H and O–H groups in total. The van der Waals surface area contributed by atoms with E-state index >= 15 is 0 Å². The molecule has 2 aromatic carbocycles. The first-order valence-corrected chi connectivity index (χ1v) is 14.8. The maximum Gasteiger partial charge on any atom is 0.435 e. The predicted octanol–water partition coefficient (Wildman–Crippen LogP) is 4.71. The van der Waals surface area contributed by atoms with Crippen LogP contribution in [-0.4, -0.2) is 66.2 Å². The van der Waals surface area contributed by atoms with Crippen LogP contribution in [0, 0.1) is 12.1 Å². The summed E-state index contributed by atoms with van der Waals surface area (Å²) in [6.07, 6.45) is -7.11. The standard InChI is InChI=1S/C27H31F3N6O8S/c1-6-25(37)43-19(4)44-33-36(39)34(5)18(3)16-42-26(38)32-45(40,41)22-13-11-21(12-14-22)35-23(15-24(31-35)27(28,29)30)20-9-7-17(2)8-10-20/h7-15,18-19H,6,16H2,1-5H3,(H,32,38)/t18-,19?/m0/s1. The van der Waals surface area contributed by atoms with E-state index in [-0.39, 0.29) is 27.7 Å². The van der Waals surface area contributed by atoms with Crippen molar-refractivity contribution in [1.29, 1.82) is 0 Å². The second kappa shape index (κ2) is 14.3. The van der Waals surface area contributed by atoms with Crippen LogP contribution in [0.25, 0.3) is 16.9 Å². The van der Waals surface area contributed by atoms with Crippen molar-refractivity contribution < 1.29 is 50.5 Å². The normalized spacial score (nSPS) is 13.5. The van der Waals surface area contributed by atoms with Crippen LogP contribution < -0.4 is 4.72 Å². The predicted molar refractivity (Wildman–Crippen MR) is 151 cm³/mol. The molecule has 0 fully saturated rings. The molecule has 3 aromatic rings. The summed E-state index contributed by atoms with van der Waals surface area (Å²) in [5, 5.41) is 20.0. The number of carbonyl (C=O) groups is 2. The van der Waals surface area contributed by atoms with Gasteiger partial charge in [-0.15, -0.1) is 5.01 Å². The van der Waals surface area contributed by atoms with Crippen LogP contribution in [0.15, 0.2) is 64.8 Å². The van der Waals surface area contributed by atoms with Gasteiger partial charge in [-0.1, -0.05) is 36.8 Å². The van der Waals surface area contributed by atoms with Crippen LogP contribution in [0.2, 0.25) is 0 Å². The smallest absolute Gasteiger partial charge is 0.435 e. The van der Waals surface area contributed by atoms with Crippen molar-refractivity contribution >= 4 is 22.1 Å². The van der Waals surface area contributed by atoms with Crippen LogP contribution in [0.1, 0.15) is 38.4 Å². The van der Waals surface area contributed by atoms with Crippen molar-refractivity contribution in [1.82, 2.24) is 19.5 Å². The molecule has 3 rings (SSSR count). The van der Waals surface area contributed by atoms with E-state index < -0.39 is 52.9 Å². The van der Waals surface area contributed by atoms with E-state index in [9.17, 15) is 36.4 Å². The Bertz CT molecular complexity index is 1630. The van der Waals surface area contributed by atoms with E-state index in [0.717, 1.165) is 33.5 Å². The number of esters is 1. The number of aryl methyl sites for hydroxylation is 1. The van der Waals surface area contributed by atoms with E-state index in [0.29, 0.717) is 5.56 Å². The van der Waals surface area contributed by atoms with Crippen molar-refractivity contribution in [2.45, 2.75) is 57.5 Å². The van der Waals surface area contributed by atoms with Crippen LogP contribution in [0.5, 0.6) is 0 Å². The summed E-state index contributed by atoms with van der Waals surface area (Å²) in [5.41, 5.74) is 0.488. The molecular weight excluding hydrogens is 625 g/mol. The Hall–Kier alpha value is -4.87. The largest absolute Gasteiger partial charge is 0.569 e. The van der Waals surface area contributed by atoms with E-state index in [1.807, 2.05) is 6.92 Å². The average Bonchev–Trinajstić information content (AvgIpc) is 3.45. The zero-order valence-corrected chi connectivity index (χ0v) is 25.6. The van der Waals surface area contributed by atoms with Crippen molar-refractivity contribution in [3.63, 3.8) is 0 Å². The number of aromatic nitrogens is 2. The van der Waals surface area contributed by atoms with E-state index in [1.165, 1.54) is 33.0 Å². The Balaban J connectivity index is 1.66. The van der Waals surface area contributed by atoms with Crippen LogP contribution in [0.3, 0.4) is 0 Å². The van der Waals surface area contributed by atoms with E-state index in [1.54, 1.807) is 35.9 Å². The van der Waals surface area contributed by atoms with Crippen LogP contribution >= 0.6 is 0 Å². The molecular formula is C27H31F3N6O8S. The molecule has 0 spiro atoms. The SMILES string of the molecule is CCC(=O)OC(C)ON=[N+]([O-])N(C)[C@@H](C)COC(=O)NS(=O)(=O)c1ccc(-n2nc(C(F)(F)F)cc2-c2ccc(C)cc2)cc1. The second-order valence-corrected chi connectivity index (χ2v) is 11.3. The first-order chi connectivity index (χ1) is 21.0. The number of amides is 1. The minimum absolute atomic E-state index is 0.0159. The third kappa shape index (κ3) is 9.31. The lowest BCUT2D eigenvalue weighted by Gasteiger charge is -2.20. The fraction of sp³-hybridized carbons (Fsp3) is 0.370. The Morgan fingerprint density at radius 3 is 2.33 bits per heavy atom. The lowest BCUT2D eigenvalue weighted by Crippen LogP contribution is -2.40. The molecule has 1 unspecified atom stereocenters. The summed E-state index contributed by atoms with van der Waals surface area (Å²) < 4.78 is 78.4. The minimum atomic E-state index is -4.72. The Kier molecular flexibility index (Phi) is 11.0. The van der Waals surface area contributed by atoms with Gasteiger partial charge in [0.05, 0.1) is 28.3 Å². The van der Waals surface area contributed by atoms with Crippen molar-refractivity contribution in [2.24, 2.45) is 5.28 Å². The monoisotopic (exact) mass is 656 g/mol. The third-order valence-corrected chi connectivity index (χ3v) is 7.50. The first-order valence-electron chi connectivity index (χ1n) is 13.3. The quantitative estimate of drug-likeness (QED) is 0.0948. The van der Waals surface area contributed by atoms with Crippen molar-refractivity contribution in [3.8, 4) is 16.9 Å². The molecule has 0 aliphatic carbocycles. The highest BCUT2D eigenvalue weighted by molar-refractivity contribution is 7.90. The summed E-state index contributed by atoms with van der Waals surface area (Å²) >= 11 is 0. The molecule has 0 saturated carbocycles. The number of alkyl halides is 3. The number of halogens is 3. The zero-order chi connectivity index (χ0) is 33.5. The number of carbonyl (C=O) groups excluding carboxylic acids is 2. The third-order valence-electron chi connectivity index (χ3n) is 6.17. The number of nitrogens with zero attached hydrogens (tertiary/aromatic N) is 5. The number of hydrogen-bond acceptors (Lipinski definition) is 10. The fourth-order valence-corrected chi connectivity index (χ4v) is 4.43. The minimum Gasteiger partial charge on any atom is -0.569 e. The Morgan fingerprint density at radius 1 is 1.13 bits per heavy atom. The van der Waals surface area contributed by atoms with Gasteiger partial charge in [0.2, 0.25) is 5.28 Å². The number of benzene rings is 2. The van der Waals surface area contributed by atoms with Gasteiger partial charge in [-0.3, -0.25) is 9.63 Å². The number of rotatable bonds is 12. The molecule has 14 nitrogen and oxygen atoms in total. The van der Waals surface area contributed by atoms with Crippen LogP contribution in [0.4, 0.5) is 18.0 Å². The fourth-order valence-electron chi connectivity index (χ4n) is 3.54. The van der Waals surface area contributed by atoms with Gasteiger partial charge in [0.25, 0.3) is 16.3 Å². The molecule has 0 saturated heterocycles. The maximum atomic E-state index is 13.5. The summed E-state index contributed by atoms with van der Waals surface area (Å²) in [5.74, 6) is -0.563. The number of ether oxygens (including phenoxy) is 2. The highest BCUT2D eigenvalue weighted by atomic mass is 32.2. The number of hydrogen-bond donors (Lipinski definition) is 1. The molecule has 0 aliphatic rings. The van der Waals surface area contributed by atoms with E-state index in [4.69, 9.17) is 14.3 Å². The topological polar surface area (TPSA) is 167 Å². The number of likely N-dealkylation sites (N-methyl/N-ethyl adjacent to an activating group) is 1. The van der Waals surface area contributed by atoms with Gasteiger partial charge in [-0.25, -0.2) is 22.6 Å². The molecule has 0 bridgehead atoms. The molecule has 0 radical (unpaired) electrons. The van der Waals surface area contributed by atoms with Gasteiger partial charge in [0.15, 0.2) is 5.69 Å². The van der Waals surface area contributed by atoms with Gasteiger partial charge in [-0.2, -0.15) is 18.3 Å². The summed E-state index contributed by atoms with van der Waals surface area (Å²) in [4.78, 5) is 27.9. The van der Waals surface area contributed by atoms with Gasteiger partial charge in [0.1, 0.15) is 12.6 Å². The van der Waals surface area contributed by atoms with E-state index in [2.05, 4.69) is 10.4 Å². The number of nitrogens with one attached hydrogen (secondary N) is 1. The molecule has 2 atom stereocenters. The molecule has 45 heavy (non-hydrogen) atoms. The Labute approximate surface area is 256 Å². The molecule has 1 aromatic heterocycles. The summed E-state index contributed by atoms with van der Waals surface area (Å²) in [6.45, 7) is 5.76. The number of sulfonamides is 1.